The molecule has 0 unspecified atom stereocenters. The Bertz CT molecular complexity index is 1020. The Morgan fingerprint density at radius 3 is 2.05 bits per heavy atom. The fraction of sp³-hybridized carbons (Fsp3) is 0.548. The number of ether oxygens (including phenoxy) is 2. The van der Waals surface area contributed by atoms with E-state index in [-0.39, 0.29) is 17.9 Å². The van der Waals surface area contributed by atoms with Crippen molar-refractivity contribution in [1.82, 2.24) is 0 Å². The lowest BCUT2D eigenvalue weighted by atomic mass is 9.68. The first-order chi connectivity index (χ1) is 17.8. The summed E-state index contributed by atoms with van der Waals surface area (Å²) in [5, 5.41) is 0. The number of hydrogen-bond acceptors (Lipinski definition) is 2. The van der Waals surface area contributed by atoms with Crippen molar-refractivity contribution in [3.05, 3.63) is 60.7 Å². The van der Waals surface area contributed by atoms with Gasteiger partial charge in [0.2, 0.25) is 5.82 Å². The topological polar surface area (TPSA) is 18.5 Å². The van der Waals surface area contributed by atoms with E-state index in [1.54, 1.807) is 24.3 Å². The molecule has 0 aliphatic heterocycles. The average Bonchev–Trinajstić information content (AvgIpc) is 2.92. The lowest BCUT2D eigenvalue weighted by Gasteiger charge is -2.39. The monoisotopic (exact) mass is 518 g/mol. The van der Waals surface area contributed by atoms with Crippen LogP contribution in [0.1, 0.15) is 64.7 Å². The number of rotatable bonds is 10. The summed E-state index contributed by atoms with van der Waals surface area (Å²) < 4.78 is 70.0. The van der Waals surface area contributed by atoms with Gasteiger partial charge in [-0.3, -0.25) is 0 Å². The molecule has 0 radical (unpaired) electrons. The van der Waals surface area contributed by atoms with E-state index in [4.69, 9.17) is 9.47 Å². The van der Waals surface area contributed by atoms with Gasteiger partial charge in [0.25, 0.3) is 5.92 Å². The predicted molar refractivity (Wildman–Crippen MR) is 139 cm³/mol. The maximum atomic E-state index is 15.0. The van der Waals surface area contributed by atoms with Crippen LogP contribution >= 0.6 is 0 Å². The number of halogens is 4. The molecule has 2 saturated carbocycles. The van der Waals surface area contributed by atoms with Gasteiger partial charge in [-0.05, 0) is 106 Å². The van der Waals surface area contributed by atoms with Gasteiger partial charge in [0.1, 0.15) is 5.75 Å². The van der Waals surface area contributed by atoms with E-state index in [9.17, 15) is 17.6 Å². The van der Waals surface area contributed by atoms with Crippen molar-refractivity contribution in [2.75, 3.05) is 13.2 Å². The SMILES string of the molecule is C=CC1CCC(C2CCC(C(F)(F)CCOc3ccc(-c4ccc(OCC)cc4)c(F)c3F)CC2)CC1. The molecule has 2 fully saturated rings. The van der Waals surface area contributed by atoms with E-state index in [1.165, 1.54) is 37.8 Å². The highest BCUT2D eigenvalue weighted by atomic mass is 19.3. The Balaban J connectivity index is 1.27. The molecule has 2 aromatic rings. The largest absolute Gasteiger partial charge is 0.494 e. The van der Waals surface area contributed by atoms with Gasteiger partial charge in [0.05, 0.1) is 13.2 Å². The first-order valence-corrected chi connectivity index (χ1v) is 13.7. The minimum atomic E-state index is -2.89. The quantitative estimate of drug-likeness (QED) is 0.231. The molecule has 0 bridgehead atoms. The molecular weight excluding hydrogens is 480 g/mol. The van der Waals surface area contributed by atoms with Gasteiger partial charge in [-0.25, -0.2) is 13.2 Å². The molecule has 4 rings (SSSR count). The molecular formula is C31H38F4O2. The van der Waals surface area contributed by atoms with Crippen LogP contribution in [0.5, 0.6) is 11.5 Å². The van der Waals surface area contributed by atoms with E-state index < -0.39 is 29.9 Å². The van der Waals surface area contributed by atoms with E-state index in [1.807, 2.05) is 13.0 Å². The van der Waals surface area contributed by atoms with Crippen LogP contribution in [0, 0.1) is 35.3 Å². The van der Waals surface area contributed by atoms with Crippen LogP contribution < -0.4 is 9.47 Å². The first kappa shape index (κ1) is 27.5. The zero-order chi connectivity index (χ0) is 26.4. The van der Waals surface area contributed by atoms with Gasteiger partial charge in [0, 0.05) is 17.9 Å². The van der Waals surface area contributed by atoms with E-state index in [0.29, 0.717) is 48.5 Å². The van der Waals surface area contributed by atoms with Crippen LogP contribution in [0.15, 0.2) is 49.1 Å². The Morgan fingerprint density at radius 2 is 1.46 bits per heavy atom. The molecule has 0 aromatic heterocycles. The van der Waals surface area contributed by atoms with Crippen LogP contribution in [-0.4, -0.2) is 19.1 Å². The molecule has 37 heavy (non-hydrogen) atoms. The minimum Gasteiger partial charge on any atom is -0.494 e. The van der Waals surface area contributed by atoms with E-state index in [0.717, 1.165) is 12.8 Å². The third-order valence-corrected chi connectivity index (χ3v) is 8.40. The summed E-state index contributed by atoms with van der Waals surface area (Å²) in [4.78, 5) is 0. The fourth-order valence-corrected chi connectivity index (χ4v) is 6.13. The molecule has 2 aliphatic carbocycles. The lowest BCUT2D eigenvalue weighted by molar-refractivity contribution is -0.0908. The summed E-state index contributed by atoms with van der Waals surface area (Å²) in [6.07, 6.45) is 8.94. The fourth-order valence-electron chi connectivity index (χ4n) is 6.13. The molecule has 0 atom stereocenters. The van der Waals surface area contributed by atoms with Gasteiger partial charge in [-0.15, -0.1) is 6.58 Å². The second-order valence-electron chi connectivity index (χ2n) is 10.6. The molecule has 0 spiro atoms. The Hall–Kier alpha value is -2.50. The summed E-state index contributed by atoms with van der Waals surface area (Å²) in [5.41, 5.74) is 0.565. The zero-order valence-electron chi connectivity index (χ0n) is 21.7. The summed E-state index contributed by atoms with van der Waals surface area (Å²) >= 11 is 0. The second kappa shape index (κ2) is 12.4. The zero-order valence-corrected chi connectivity index (χ0v) is 21.7. The van der Waals surface area contributed by atoms with Gasteiger partial charge in [0.15, 0.2) is 11.6 Å². The third-order valence-electron chi connectivity index (χ3n) is 8.40. The van der Waals surface area contributed by atoms with Crippen LogP contribution in [-0.2, 0) is 0 Å². The molecule has 0 N–H and O–H groups in total. The summed E-state index contributed by atoms with van der Waals surface area (Å²) in [7, 11) is 0. The van der Waals surface area contributed by atoms with Crippen molar-refractivity contribution in [2.45, 2.75) is 70.6 Å². The van der Waals surface area contributed by atoms with Crippen LogP contribution in [0.2, 0.25) is 0 Å². The molecule has 0 saturated heterocycles. The standard InChI is InChI=1S/C31H38F4O2/c1-3-21-5-7-22(8-6-21)23-9-13-25(14-10-23)31(34,35)19-20-37-28-18-17-27(29(32)30(28)33)24-11-15-26(16-12-24)36-4-2/h3,11-12,15-18,21-23,25H,1,4-10,13-14,19-20H2,2H3. The van der Waals surface area contributed by atoms with Crippen molar-refractivity contribution in [3.8, 4) is 22.6 Å². The van der Waals surface area contributed by atoms with Crippen molar-refractivity contribution in [3.63, 3.8) is 0 Å². The summed E-state index contributed by atoms with van der Waals surface area (Å²) in [6, 6.07) is 9.36. The van der Waals surface area contributed by atoms with Gasteiger partial charge < -0.3 is 9.47 Å². The number of hydrogen-bond donors (Lipinski definition) is 0. The number of alkyl halides is 2. The molecule has 0 heterocycles. The molecule has 2 aliphatic rings. The van der Waals surface area contributed by atoms with Crippen molar-refractivity contribution in [2.24, 2.45) is 23.7 Å². The van der Waals surface area contributed by atoms with Crippen LogP contribution in [0.3, 0.4) is 0 Å². The first-order valence-electron chi connectivity index (χ1n) is 13.7. The Morgan fingerprint density at radius 1 is 0.838 bits per heavy atom. The summed E-state index contributed by atoms with van der Waals surface area (Å²) in [5.74, 6) is -3.70. The Labute approximate surface area is 218 Å². The smallest absolute Gasteiger partial charge is 0.254 e. The van der Waals surface area contributed by atoms with Crippen LogP contribution in [0.25, 0.3) is 11.1 Å². The molecule has 6 heteroatoms. The van der Waals surface area contributed by atoms with Crippen LogP contribution in [0.4, 0.5) is 17.6 Å². The molecule has 2 aromatic carbocycles. The van der Waals surface area contributed by atoms with Crippen molar-refractivity contribution < 1.29 is 27.0 Å². The number of benzene rings is 2. The molecule has 2 nitrogen and oxygen atoms in total. The average molecular weight is 519 g/mol. The highest BCUT2D eigenvalue weighted by Gasteiger charge is 2.42. The predicted octanol–water partition coefficient (Wildman–Crippen LogP) is 9.23. The lowest BCUT2D eigenvalue weighted by Crippen LogP contribution is -2.35. The van der Waals surface area contributed by atoms with Gasteiger partial charge in [-0.2, -0.15) is 4.39 Å². The van der Waals surface area contributed by atoms with E-state index >= 15 is 0 Å². The maximum Gasteiger partial charge on any atom is 0.254 e. The third kappa shape index (κ3) is 6.69. The normalized spacial score (nSPS) is 24.5. The maximum absolute atomic E-state index is 15.0. The molecule has 0 amide bonds. The number of allylic oxidation sites excluding steroid dienone is 1. The van der Waals surface area contributed by atoms with Crippen molar-refractivity contribution >= 4 is 0 Å². The summed E-state index contributed by atoms with van der Waals surface area (Å²) in [6.45, 7) is 5.90. The second-order valence-corrected chi connectivity index (χ2v) is 10.6. The highest BCUT2D eigenvalue weighted by molar-refractivity contribution is 5.66. The van der Waals surface area contributed by atoms with Crippen molar-refractivity contribution in [1.29, 1.82) is 0 Å². The minimum absolute atomic E-state index is 0.0768. The highest BCUT2D eigenvalue weighted by Crippen LogP contribution is 2.46. The Kier molecular flexibility index (Phi) is 9.20. The van der Waals surface area contributed by atoms with E-state index in [2.05, 4.69) is 6.58 Å². The van der Waals surface area contributed by atoms with Gasteiger partial charge >= 0.3 is 0 Å². The molecule has 202 valence electrons. The van der Waals surface area contributed by atoms with Gasteiger partial charge in [-0.1, -0.05) is 18.2 Å².